The highest BCUT2D eigenvalue weighted by atomic mass is 16.5. The quantitative estimate of drug-likeness (QED) is 0.422. The highest BCUT2D eigenvalue weighted by Gasteiger charge is 2.43. The molecule has 1 aromatic rings. The normalized spacial score (nSPS) is 14.0. The van der Waals surface area contributed by atoms with Crippen LogP contribution in [0.1, 0.15) is 47.9 Å². The van der Waals surface area contributed by atoms with Crippen molar-refractivity contribution in [1.82, 2.24) is 15.8 Å². The number of hydrogen-bond acceptors (Lipinski definition) is 6. The SMILES string of the molecule is CC(=O)NNC(=O)COC(=O)[C@@H](CC(C)C)N1C(=O)c2ccccc2C1=O. The summed E-state index contributed by atoms with van der Waals surface area (Å²) in [5.74, 6) is -3.25. The molecule has 1 aromatic carbocycles. The number of carbonyl (C=O) groups is 5. The Morgan fingerprint density at radius 2 is 1.59 bits per heavy atom. The number of rotatable bonds is 6. The summed E-state index contributed by atoms with van der Waals surface area (Å²) in [5, 5.41) is 0. The minimum Gasteiger partial charge on any atom is -0.454 e. The number of imide groups is 1. The van der Waals surface area contributed by atoms with Crippen LogP contribution in [0.25, 0.3) is 0 Å². The van der Waals surface area contributed by atoms with Crippen molar-refractivity contribution in [2.45, 2.75) is 33.2 Å². The van der Waals surface area contributed by atoms with E-state index in [1.165, 1.54) is 19.1 Å². The van der Waals surface area contributed by atoms with Gasteiger partial charge in [-0.15, -0.1) is 0 Å². The van der Waals surface area contributed by atoms with Crippen molar-refractivity contribution in [3.63, 3.8) is 0 Å². The highest BCUT2D eigenvalue weighted by molar-refractivity contribution is 6.22. The number of amides is 4. The average Bonchev–Trinajstić information content (AvgIpc) is 2.87. The van der Waals surface area contributed by atoms with Crippen LogP contribution in [0.15, 0.2) is 24.3 Å². The van der Waals surface area contributed by atoms with E-state index in [1.54, 1.807) is 12.1 Å². The van der Waals surface area contributed by atoms with Crippen molar-refractivity contribution in [2.75, 3.05) is 6.61 Å². The van der Waals surface area contributed by atoms with Gasteiger partial charge in [0, 0.05) is 6.92 Å². The number of hydrogen-bond donors (Lipinski definition) is 2. The molecule has 0 radical (unpaired) electrons. The maximum Gasteiger partial charge on any atom is 0.329 e. The number of ether oxygens (including phenoxy) is 1. The van der Waals surface area contributed by atoms with Gasteiger partial charge in [0.2, 0.25) is 5.91 Å². The number of benzene rings is 1. The van der Waals surface area contributed by atoms with Gasteiger partial charge in [-0.25, -0.2) is 4.79 Å². The molecule has 2 rings (SSSR count). The third-order valence-corrected chi connectivity index (χ3v) is 3.83. The number of carbonyl (C=O) groups excluding carboxylic acids is 5. The van der Waals surface area contributed by atoms with Crippen LogP contribution in [0.3, 0.4) is 0 Å². The Kier molecular flexibility index (Phi) is 6.27. The van der Waals surface area contributed by atoms with Gasteiger partial charge in [-0.2, -0.15) is 0 Å². The molecule has 144 valence electrons. The van der Waals surface area contributed by atoms with Gasteiger partial charge < -0.3 is 4.74 Å². The molecule has 0 spiro atoms. The lowest BCUT2D eigenvalue weighted by Gasteiger charge is -2.25. The van der Waals surface area contributed by atoms with Gasteiger partial charge in [0.15, 0.2) is 6.61 Å². The summed E-state index contributed by atoms with van der Waals surface area (Å²) in [5.41, 5.74) is 4.58. The second-order valence-corrected chi connectivity index (χ2v) is 6.51. The maximum atomic E-state index is 12.6. The first-order chi connectivity index (χ1) is 12.7. The molecule has 0 saturated heterocycles. The molecule has 0 fully saturated rings. The van der Waals surface area contributed by atoms with Gasteiger partial charge in [0.05, 0.1) is 11.1 Å². The molecule has 9 heteroatoms. The molecule has 0 aliphatic carbocycles. The molecule has 0 aromatic heterocycles. The fourth-order valence-corrected chi connectivity index (χ4v) is 2.67. The fourth-order valence-electron chi connectivity index (χ4n) is 2.67. The summed E-state index contributed by atoms with van der Waals surface area (Å²) in [7, 11) is 0. The van der Waals surface area contributed by atoms with Crippen LogP contribution < -0.4 is 10.9 Å². The summed E-state index contributed by atoms with van der Waals surface area (Å²) in [6.07, 6.45) is 0.192. The zero-order valence-corrected chi connectivity index (χ0v) is 15.3. The van der Waals surface area contributed by atoms with Crippen molar-refractivity contribution < 1.29 is 28.7 Å². The smallest absolute Gasteiger partial charge is 0.329 e. The Hall–Kier alpha value is -3.23. The minimum atomic E-state index is -1.15. The molecule has 0 saturated carbocycles. The highest BCUT2D eigenvalue weighted by Crippen LogP contribution is 2.27. The lowest BCUT2D eigenvalue weighted by atomic mass is 10.0. The van der Waals surface area contributed by atoms with Crippen LogP contribution in [-0.2, 0) is 19.1 Å². The van der Waals surface area contributed by atoms with Crippen molar-refractivity contribution in [3.8, 4) is 0 Å². The van der Waals surface area contributed by atoms with Crippen molar-refractivity contribution >= 4 is 29.6 Å². The predicted molar refractivity (Wildman–Crippen MR) is 93.1 cm³/mol. The average molecular weight is 375 g/mol. The predicted octanol–water partition coefficient (Wildman–Crippen LogP) is 0.408. The largest absolute Gasteiger partial charge is 0.454 e. The monoisotopic (exact) mass is 375 g/mol. The Balaban J connectivity index is 2.13. The zero-order valence-electron chi connectivity index (χ0n) is 15.3. The molecule has 1 heterocycles. The van der Waals surface area contributed by atoms with Gasteiger partial charge in [-0.3, -0.25) is 34.9 Å². The van der Waals surface area contributed by atoms with E-state index in [9.17, 15) is 24.0 Å². The van der Waals surface area contributed by atoms with Gasteiger partial charge in [-0.05, 0) is 24.5 Å². The Labute approximate surface area is 156 Å². The lowest BCUT2D eigenvalue weighted by molar-refractivity contribution is -0.153. The number of nitrogens with zero attached hydrogens (tertiary/aromatic N) is 1. The van der Waals surface area contributed by atoms with E-state index in [4.69, 9.17) is 4.74 Å². The second-order valence-electron chi connectivity index (χ2n) is 6.51. The molecule has 1 atom stereocenters. The van der Waals surface area contributed by atoms with Crippen molar-refractivity contribution in [1.29, 1.82) is 0 Å². The van der Waals surface area contributed by atoms with E-state index in [-0.39, 0.29) is 23.5 Å². The number of nitrogens with one attached hydrogen (secondary N) is 2. The molecule has 1 aliphatic rings. The van der Waals surface area contributed by atoms with Crippen LogP contribution in [0, 0.1) is 5.92 Å². The lowest BCUT2D eigenvalue weighted by Crippen LogP contribution is -2.48. The third kappa shape index (κ3) is 4.69. The van der Waals surface area contributed by atoms with Gasteiger partial charge in [0.1, 0.15) is 6.04 Å². The Bertz CT molecular complexity index is 754. The van der Waals surface area contributed by atoms with Gasteiger partial charge in [-0.1, -0.05) is 26.0 Å². The molecule has 1 aliphatic heterocycles. The molecular weight excluding hydrogens is 354 g/mol. The van der Waals surface area contributed by atoms with Crippen molar-refractivity contribution in [3.05, 3.63) is 35.4 Å². The zero-order chi connectivity index (χ0) is 20.1. The van der Waals surface area contributed by atoms with E-state index in [1.807, 2.05) is 13.8 Å². The minimum absolute atomic E-state index is 0.0138. The third-order valence-electron chi connectivity index (χ3n) is 3.83. The van der Waals surface area contributed by atoms with Crippen LogP contribution in [0.5, 0.6) is 0 Å². The summed E-state index contributed by atoms with van der Waals surface area (Å²) < 4.78 is 4.96. The molecule has 0 unspecified atom stereocenters. The molecule has 9 nitrogen and oxygen atoms in total. The summed E-state index contributed by atoms with van der Waals surface area (Å²) >= 11 is 0. The maximum absolute atomic E-state index is 12.6. The standard InChI is InChI=1S/C18H21N3O6/c1-10(2)8-14(18(26)27-9-15(23)20-19-11(3)22)21-16(24)12-6-4-5-7-13(12)17(21)25/h4-7,10,14H,8-9H2,1-3H3,(H,19,22)(H,20,23)/t14-/m1/s1. The van der Waals surface area contributed by atoms with E-state index >= 15 is 0 Å². The number of hydrazine groups is 1. The second kappa shape index (κ2) is 8.43. The van der Waals surface area contributed by atoms with Crippen LogP contribution >= 0.6 is 0 Å². The summed E-state index contributed by atoms with van der Waals surface area (Å²) in [6.45, 7) is 4.22. The molecular formula is C18H21N3O6. The van der Waals surface area contributed by atoms with Crippen LogP contribution in [0.2, 0.25) is 0 Å². The topological polar surface area (TPSA) is 122 Å². The number of fused-ring (bicyclic) bond motifs is 1. The molecule has 4 amide bonds. The van der Waals surface area contributed by atoms with Crippen molar-refractivity contribution in [2.24, 2.45) is 5.92 Å². The number of esters is 1. The Morgan fingerprint density at radius 1 is 1.04 bits per heavy atom. The van der Waals surface area contributed by atoms with E-state index in [2.05, 4.69) is 10.9 Å². The summed E-state index contributed by atoms with van der Waals surface area (Å²) in [4.78, 5) is 61.0. The molecule has 0 bridgehead atoms. The first-order valence-electron chi connectivity index (χ1n) is 8.41. The first kappa shape index (κ1) is 20.1. The first-order valence-corrected chi connectivity index (χ1v) is 8.41. The Morgan fingerprint density at radius 3 is 2.07 bits per heavy atom. The van der Waals surface area contributed by atoms with Gasteiger partial charge >= 0.3 is 5.97 Å². The summed E-state index contributed by atoms with van der Waals surface area (Å²) in [6, 6.07) is 5.17. The van der Waals surface area contributed by atoms with E-state index in [0.29, 0.717) is 0 Å². The van der Waals surface area contributed by atoms with Crippen LogP contribution in [-0.4, -0.2) is 47.1 Å². The molecule has 27 heavy (non-hydrogen) atoms. The van der Waals surface area contributed by atoms with E-state index in [0.717, 1.165) is 4.90 Å². The van der Waals surface area contributed by atoms with E-state index < -0.39 is 42.2 Å². The fraction of sp³-hybridized carbons (Fsp3) is 0.389. The van der Waals surface area contributed by atoms with Gasteiger partial charge in [0.25, 0.3) is 17.7 Å². The van der Waals surface area contributed by atoms with Crippen LogP contribution in [0.4, 0.5) is 0 Å². The molecule has 2 N–H and O–H groups in total.